The first-order valence-electron chi connectivity index (χ1n) is 4.98. The molecule has 0 atom stereocenters. The maximum absolute atomic E-state index is 9.02. The highest BCUT2D eigenvalue weighted by Crippen LogP contribution is 2.33. The highest BCUT2D eigenvalue weighted by Gasteiger charge is 2.30. The molecule has 1 aliphatic heterocycles. The van der Waals surface area contributed by atoms with Gasteiger partial charge in [0, 0.05) is 13.1 Å². The number of aromatic nitrogens is 1. The van der Waals surface area contributed by atoms with Crippen LogP contribution in [0.25, 0.3) is 0 Å². The molecule has 0 bridgehead atoms. The van der Waals surface area contributed by atoms with Crippen molar-refractivity contribution in [1.29, 1.82) is 5.26 Å². The molecule has 0 saturated carbocycles. The summed E-state index contributed by atoms with van der Waals surface area (Å²) in [5.41, 5.74) is 0.283. The molecule has 0 aromatic carbocycles. The normalized spacial score (nSPS) is 19.5. The number of hydrogen-bond acceptors (Lipinski definition) is 5. The third kappa shape index (κ3) is 2.14. The number of morpholine rings is 1. The Morgan fingerprint density at radius 3 is 3.00 bits per heavy atom. The molecule has 1 aromatic rings. The predicted molar refractivity (Wildman–Crippen MR) is 64.1 cm³/mol. The molecule has 0 amide bonds. The summed E-state index contributed by atoms with van der Waals surface area (Å²) >= 11 is 7.13. The highest BCUT2D eigenvalue weighted by atomic mass is 35.5. The van der Waals surface area contributed by atoms with Gasteiger partial charge in [0.05, 0.1) is 12.2 Å². The second kappa shape index (κ2) is 4.21. The SMILES string of the molecule is CC1(C)CN(c2snc(Cl)c2C#N)CCO1. The zero-order chi connectivity index (χ0) is 11.8. The topological polar surface area (TPSA) is 49.2 Å². The van der Waals surface area contributed by atoms with Crippen LogP contribution in [0.1, 0.15) is 19.4 Å². The van der Waals surface area contributed by atoms with Gasteiger partial charge >= 0.3 is 0 Å². The van der Waals surface area contributed by atoms with Gasteiger partial charge in [0.25, 0.3) is 0 Å². The molecule has 0 unspecified atom stereocenters. The Balaban J connectivity index is 2.28. The largest absolute Gasteiger partial charge is 0.372 e. The van der Waals surface area contributed by atoms with Gasteiger partial charge < -0.3 is 9.64 Å². The molecule has 6 heteroatoms. The summed E-state index contributed by atoms with van der Waals surface area (Å²) in [6, 6.07) is 2.10. The first kappa shape index (κ1) is 11.6. The monoisotopic (exact) mass is 257 g/mol. The minimum Gasteiger partial charge on any atom is -0.372 e. The van der Waals surface area contributed by atoms with Crippen LogP contribution in [0.15, 0.2) is 0 Å². The summed E-state index contributed by atoms with van der Waals surface area (Å²) in [4.78, 5) is 2.12. The molecule has 2 heterocycles. The van der Waals surface area contributed by atoms with Crippen molar-refractivity contribution in [2.45, 2.75) is 19.4 Å². The molecule has 0 aliphatic carbocycles. The second-order valence-electron chi connectivity index (χ2n) is 4.30. The van der Waals surface area contributed by atoms with E-state index in [0.29, 0.717) is 17.3 Å². The fraction of sp³-hybridized carbons (Fsp3) is 0.600. The molecule has 1 aliphatic rings. The van der Waals surface area contributed by atoms with Gasteiger partial charge in [-0.25, -0.2) is 0 Å². The Morgan fingerprint density at radius 2 is 2.38 bits per heavy atom. The van der Waals surface area contributed by atoms with Crippen LogP contribution in [0.4, 0.5) is 5.00 Å². The van der Waals surface area contributed by atoms with Crippen LogP contribution in [0.2, 0.25) is 5.15 Å². The van der Waals surface area contributed by atoms with Gasteiger partial charge in [0.2, 0.25) is 0 Å². The quantitative estimate of drug-likeness (QED) is 0.775. The van der Waals surface area contributed by atoms with Gasteiger partial charge in [-0.1, -0.05) is 11.6 Å². The molecule has 1 fully saturated rings. The Kier molecular flexibility index (Phi) is 3.06. The number of halogens is 1. The van der Waals surface area contributed by atoms with Crippen molar-refractivity contribution in [2.75, 3.05) is 24.6 Å². The molecule has 86 valence electrons. The Hall–Kier alpha value is -0.830. The molecule has 0 spiro atoms. The summed E-state index contributed by atoms with van der Waals surface area (Å²) in [7, 11) is 0. The summed E-state index contributed by atoms with van der Waals surface area (Å²) in [6.07, 6.45) is 0. The van der Waals surface area contributed by atoms with Crippen LogP contribution in [0.5, 0.6) is 0 Å². The first-order valence-corrected chi connectivity index (χ1v) is 6.13. The lowest BCUT2D eigenvalue weighted by atomic mass is 10.1. The summed E-state index contributed by atoms with van der Waals surface area (Å²) in [5, 5.41) is 10.2. The lowest BCUT2D eigenvalue weighted by Crippen LogP contribution is -2.48. The van der Waals surface area contributed by atoms with E-state index in [1.165, 1.54) is 11.5 Å². The van der Waals surface area contributed by atoms with Crippen LogP contribution in [-0.2, 0) is 4.74 Å². The van der Waals surface area contributed by atoms with Gasteiger partial charge in [-0.3, -0.25) is 0 Å². The Bertz CT molecular complexity index is 438. The van der Waals surface area contributed by atoms with E-state index >= 15 is 0 Å². The van der Waals surface area contributed by atoms with Crippen LogP contribution < -0.4 is 4.90 Å². The third-order valence-electron chi connectivity index (χ3n) is 2.46. The molecule has 0 radical (unpaired) electrons. The van der Waals surface area contributed by atoms with Crippen molar-refractivity contribution in [2.24, 2.45) is 0 Å². The molecule has 4 nitrogen and oxygen atoms in total. The summed E-state index contributed by atoms with van der Waals surface area (Å²) < 4.78 is 9.64. The minimum absolute atomic E-state index is 0.193. The van der Waals surface area contributed by atoms with Crippen LogP contribution in [-0.4, -0.2) is 29.7 Å². The van der Waals surface area contributed by atoms with Crippen LogP contribution >= 0.6 is 23.1 Å². The third-order valence-corrected chi connectivity index (χ3v) is 3.74. The van der Waals surface area contributed by atoms with E-state index in [2.05, 4.69) is 15.3 Å². The Morgan fingerprint density at radius 1 is 1.62 bits per heavy atom. The molecular weight excluding hydrogens is 246 g/mol. The molecule has 2 rings (SSSR count). The number of anilines is 1. The van der Waals surface area contributed by atoms with E-state index in [9.17, 15) is 0 Å². The fourth-order valence-electron chi connectivity index (χ4n) is 1.76. The molecular formula is C10H12ClN3OS. The van der Waals surface area contributed by atoms with Gasteiger partial charge in [0.15, 0.2) is 5.15 Å². The van der Waals surface area contributed by atoms with Crippen molar-refractivity contribution in [3.8, 4) is 6.07 Å². The predicted octanol–water partition coefficient (Wildman–Crippen LogP) is 2.28. The standard InChI is InChI=1S/C10H12ClN3OS/c1-10(2)6-14(3-4-15-10)9-7(5-12)8(11)13-16-9/h3-4,6H2,1-2H3. The number of hydrogen-bond donors (Lipinski definition) is 0. The van der Waals surface area contributed by atoms with Crippen LogP contribution in [0, 0.1) is 11.3 Å². The summed E-state index contributed by atoms with van der Waals surface area (Å²) in [5.74, 6) is 0. The minimum atomic E-state index is -0.193. The lowest BCUT2D eigenvalue weighted by Gasteiger charge is -2.38. The molecule has 16 heavy (non-hydrogen) atoms. The van der Waals surface area contributed by atoms with E-state index in [1.54, 1.807) is 0 Å². The van der Waals surface area contributed by atoms with E-state index in [-0.39, 0.29) is 5.60 Å². The molecule has 1 saturated heterocycles. The van der Waals surface area contributed by atoms with Gasteiger partial charge in [-0.2, -0.15) is 9.64 Å². The molecule has 1 aromatic heterocycles. The second-order valence-corrected chi connectivity index (χ2v) is 5.40. The average molecular weight is 258 g/mol. The number of nitrogens with zero attached hydrogens (tertiary/aromatic N) is 3. The van der Waals surface area contributed by atoms with Gasteiger partial charge in [0.1, 0.15) is 16.6 Å². The number of ether oxygens (including phenoxy) is 1. The summed E-state index contributed by atoms with van der Waals surface area (Å²) in [6.45, 7) is 6.26. The van der Waals surface area contributed by atoms with E-state index in [1.807, 2.05) is 13.8 Å². The maximum atomic E-state index is 9.02. The Labute approximate surface area is 104 Å². The van der Waals surface area contributed by atoms with E-state index in [4.69, 9.17) is 21.6 Å². The zero-order valence-electron chi connectivity index (χ0n) is 9.16. The smallest absolute Gasteiger partial charge is 0.162 e. The first-order chi connectivity index (χ1) is 7.53. The van der Waals surface area contributed by atoms with Crippen LogP contribution in [0.3, 0.4) is 0 Å². The van der Waals surface area contributed by atoms with Crippen molar-refractivity contribution >= 4 is 28.1 Å². The van der Waals surface area contributed by atoms with Crippen molar-refractivity contribution < 1.29 is 4.74 Å². The lowest BCUT2D eigenvalue weighted by molar-refractivity contribution is -0.0275. The van der Waals surface area contributed by atoms with E-state index in [0.717, 1.165) is 18.1 Å². The molecule has 0 N–H and O–H groups in total. The van der Waals surface area contributed by atoms with Crippen molar-refractivity contribution in [3.05, 3.63) is 10.7 Å². The highest BCUT2D eigenvalue weighted by molar-refractivity contribution is 7.10. The average Bonchev–Trinajstić information content (AvgIpc) is 2.58. The van der Waals surface area contributed by atoms with Gasteiger partial charge in [-0.05, 0) is 25.4 Å². The zero-order valence-corrected chi connectivity index (χ0v) is 10.7. The fourth-order valence-corrected chi connectivity index (χ4v) is 2.82. The van der Waals surface area contributed by atoms with Crippen molar-refractivity contribution in [3.63, 3.8) is 0 Å². The van der Waals surface area contributed by atoms with E-state index < -0.39 is 0 Å². The van der Waals surface area contributed by atoms with Gasteiger partial charge in [-0.15, -0.1) is 0 Å². The van der Waals surface area contributed by atoms with Crippen molar-refractivity contribution in [1.82, 2.24) is 4.37 Å². The maximum Gasteiger partial charge on any atom is 0.162 e. The number of nitriles is 1. The number of rotatable bonds is 1.